The number of nitrogens with two attached hydrogens (primary N) is 1. The van der Waals surface area contributed by atoms with E-state index in [9.17, 15) is 13.2 Å². The molecule has 0 unspecified atom stereocenters. The number of likely N-dealkylation sites (N-methyl/N-ethyl adjacent to an activating group) is 1. The molecule has 8 heteroatoms. The number of ether oxygens (including phenoxy) is 1. The molecule has 0 fully saturated rings. The SMILES string of the molecule is CCOCCN(C)c1ccc(/C(N)=N/O)c(C(F)(F)F)c1. The Bertz CT molecular complexity index is 504. The third kappa shape index (κ3) is 4.52. The standard InChI is InChI=1S/C13H18F3N3O2/c1-3-21-7-6-19(2)9-4-5-10(12(17)18-20)11(8-9)13(14,15)16/h4-5,8,20H,3,6-7H2,1-2H3,(H2,17,18). The minimum atomic E-state index is -4.60. The van der Waals surface area contributed by atoms with Gasteiger partial charge in [0.2, 0.25) is 0 Å². The van der Waals surface area contributed by atoms with Crippen molar-refractivity contribution >= 4 is 11.5 Å². The van der Waals surface area contributed by atoms with Crippen LogP contribution in [0.15, 0.2) is 23.4 Å². The van der Waals surface area contributed by atoms with Crippen LogP contribution in [0, 0.1) is 0 Å². The van der Waals surface area contributed by atoms with Gasteiger partial charge in [0.05, 0.1) is 12.2 Å². The highest BCUT2D eigenvalue weighted by Crippen LogP contribution is 2.34. The lowest BCUT2D eigenvalue weighted by atomic mass is 10.0. The molecule has 0 spiro atoms. The minimum absolute atomic E-state index is 0.355. The average molecular weight is 305 g/mol. The van der Waals surface area contributed by atoms with Gasteiger partial charge in [0.15, 0.2) is 5.84 Å². The molecular formula is C13H18F3N3O2. The smallest absolute Gasteiger partial charge is 0.409 e. The molecule has 0 aliphatic carbocycles. The number of amidine groups is 1. The van der Waals surface area contributed by atoms with Gasteiger partial charge in [-0.3, -0.25) is 0 Å². The van der Waals surface area contributed by atoms with Crippen LogP contribution in [-0.2, 0) is 10.9 Å². The second-order valence-electron chi connectivity index (χ2n) is 4.33. The van der Waals surface area contributed by atoms with E-state index >= 15 is 0 Å². The summed E-state index contributed by atoms with van der Waals surface area (Å²) < 4.78 is 44.3. The molecule has 0 amide bonds. The first-order valence-electron chi connectivity index (χ1n) is 6.29. The van der Waals surface area contributed by atoms with Crippen LogP contribution in [-0.4, -0.2) is 37.8 Å². The summed E-state index contributed by atoms with van der Waals surface area (Å²) in [4.78, 5) is 1.64. The van der Waals surface area contributed by atoms with Crippen molar-refractivity contribution in [1.29, 1.82) is 0 Å². The number of rotatable bonds is 6. The molecule has 0 atom stereocenters. The van der Waals surface area contributed by atoms with E-state index in [4.69, 9.17) is 15.7 Å². The van der Waals surface area contributed by atoms with Crippen molar-refractivity contribution in [1.82, 2.24) is 0 Å². The molecule has 1 aromatic carbocycles. The fraction of sp³-hybridized carbons (Fsp3) is 0.462. The van der Waals surface area contributed by atoms with Crippen LogP contribution in [0.25, 0.3) is 0 Å². The quantitative estimate of drug-likeness (QED) is 0.278. The highest BCUT2D eigenvalue weighted by Gasteiger charge is 2.35. The van der Waals surface area contributed by atoms with E-state index in [1.807, 2.05) is 6.92 Å². The number of benzene rings is 1. The van der Waals surface area contributed by atoms with E-state index in [-0.39, 0.29) is 5.56 Å². The Hall–Kier alpha value is -1.96. The largest absolute Gasteiger partial charge is 0.417 e. The zero-order valence-corrected chi connectivity index (χ0v) is 11.8. The van der Waals surface area contributed by atoms with Crippen LogP contribution in [0.2, 0.25) is 0 Å². The molecule has 0 aliphatic rings. The van der Waals surface area contributed by atoms with Gasteiger partial charge >= 0.3 is 6.18 Å². The van der Waals surface area contributed by atoms with E-state index in [1.54, 1.807) is 11.9 Å². The van der Waals surface area contributed by atoms with Gasteiger partial charge < -0.3 is 20.6 Å². The molecule has 3 N–H and O–H groups in total. The van der Waals surface area contributed by atoms with Gasteiger partial charge in [0.25, 0.3) is 0 Å². The number of halogens is 3. The maximum Gasteiger partial charge on any atom is 0.417 e. The number of oxime groups is 1. The lowest BCUT2D eigenvalue weighted by Gasteiger charge is -2.21. The van der Waals surface area contributed by atoms with Gasteiger partial charge in [-0.15, -0.1) is 0 Å². The molecule has 118 valence electrons. The summed E-state index contributed by atoms with van der Waals surface area (Å²) in [7, 11) is 1.66. The van der Waals surface area contributed by atoms with E-state index in [0.29, 0.717) is 25.4 Å². The van der Waals surface area contributed by atoms with E-state index in [1.165, 1.54) is 12.1 Å². The summed E-state index contributed by atoms with van der Waals surface area (Å²) in [6.07, 6.45) is -4.60. The summed E-state index contributed by atoms with van der Waals surface area (Å²) in [5.41, 5.74) is 4.35. The Morgan fingerprint density at radius 2 is 2.10 bits per heavy atom. The van der Waals surface area contributed by atoms with Crippen LogP contribution < -0.4 is 10.6 Å². The molecule has 0 aromatic heterocycles. The molecule has 5 nitrogen and oxygen atoms in total. The first-order valence-corrected chi connectivity index (χ1v) is 6.29. The molecule has 21 heavy (non-hydrogen) atoms. The van der Waals surface area contributed by atoms with E-state index in [0.717, 1.165) is 6.07 Å². The Labute approximate surface area is 120 Å². The van der Waals surface area contributed by atoms with Gasteiger partial charge in [-0.1, -0.05) is 5.16 Å². The molecule has 0 aliphatic heterocycles. The van der Waals surface area contributed by atoms with Crippen LogP contribution >= 0.6 is 0 Å². The average Bonchev–Trinajstić information content (AvgIpc) is 2.45. The summed E-state index contributed by atoms with van der Waals surface area (Å²) >= 11 is 0. The zero-order chi connectivity index (χ0) is 16.0. The number of alkyl halides is 3. The first kappa shape index (κ1) is 17.1. The van der Waals surface area contributed by atoms with Crippen molar-refractivity contribution < 1.29 is 23.1 Å². The summed E-state index contributed by atoms with van der Waals surface area (Å²) in [6, 6.07) is 3.64. The van der Waals surface area contributed by atoms with E-state index in [2.05, 4.69) is 5.16 Å². The zero-order valence-electron chi connectivity index (χ0n) is 11.8. The highest BCUT2D eigenvalue weighted by atomic mass is 19.4. The Kier molecular flexibility index (Phi) is 5.83. The molecule has 0 bridgehead atoms. The monoisotopic (exact) mass is 305 g/mol. The van der Waals surface area contributed by atoms with Crippen molar-refractivity contribution in [2.24, 2.45) is 10.9 Å². The second kappa shape index (κ2) is 7.16. The number of hydrogen-bond acceptors (Lipinski definition) is 4. The molecular weight excluding hydrogens is 287 g/mol. The van der Waals surface area contributed by atoms with Gasteiger partial charge in [0, 0.05) is 31.5 Å². The Morgan fingerprint density at radius 1 is 1.43 bits per heavy atom. The van der Waals surface area contributed by atoms with Crippen molar-refractivity contribution in [3.05, 3.63) is 29.3 Å². The van der Waals surface area contributed by atoms with Crippen LogP contribution in [0.3, 0.4) is 0 Å². The molecule has 1 rings (SSSR count). The maximum absolute atomic E-state index is 13.1. The highest BCUT2D eigenvalue weighted by molar-refractivity contribution is 5.99. The lowest BCUT2D eigenvalue weighted by molar-refractivity contribution is -0.137. The Morgan fingerprint density at radius 3 is 2.62 bits per heavy atom. The van der Waals surface area contributed by atoms with Gasteiger partial charge in [-0.25, -0.2) is 0 Å². The third-order valence-corrected chi connectivity index (χ3v) is 2.91. The van der Waals surface area contributed by atoms with Crippen LogP contribution in [0.5, 0.6) is 0 Å². The fourth-order valence-corrected chi connectivity index (χ4v) is 1.76. The molecule has 0 saturated carbocycles. The fourth-order valence-electron chi connectivity index (χ4n) is 1.76. The van der Waals surface area contributed by atoms with Crippen LogP contribution in [0.1, 0.15) is 18.1 Å². The number of nitrogens with zero attached hydrogens (tertiary/aromatic N) is 2. The van der Waals surface area contributed by atoms with Gasteiger partial charge in [-0.2, -0.15) is 13.2 Å². The number of hydrogen-bond donors (Lipinski definition) is 2. The van der Waals surface area contributed by atoms with Crippen LogP contribution in [0.4, 0.5) is 18.9 Å². The summed E-state index contributed by atoms with van der Waals surface area (Å²) in [6.45, 7) is 3.25. The van der Waals surface area contributed by atoms with Crippen molar-refractivity contribution in [2.45, 2.75) is 13.1 Å². The minimum Gasteiger partial charge on any atom is -0.409 e. The van der Waals surface area contributed by atoms with Gasteiger partial charge in [0.1, 0.15) is 0 Å². The molecule has 0 radical (unpaired) electrons. The molecule has 0 heterocycles. The van der Waals surface area contributed by atoms with Gasteiger partial charge in [-0.05, 0) is 25.1 Å². The Balaban J connectivity index is 3.10. The predicted molar refractivity (Wildman–Crippen MR) is 73.7 cm³/mol. The summed E-state index contributed by atoms with van der Waals surface area (Å²) in [5, 5.41) is 11.2. The predicted octanol–water partition coefficient (Wildman–Crippen LogP) is 2.27. The van der Waals surface area contributed by atoms with Crippen molar-refractivity contribution in [3.63, 3.8) is 0 Å². The summed E-state index contributed by atoms with van der Waals surface area (Å²) in [5.74, 6) is -0.578. The van der Waals surface area contributed by atoms with E-state index < -0.39 is 17.6 Å². The maximum atomic E-state index is 13.1. The topological polar surface area (TPSA) is 71.1 Å². The lowest BCUT2D eigenvalue weighted by Crippen LogP contribution is -2.25. The number of anilines is 1. The van der Waals surface area contributed by atoms with Crippen molar-refractivity contribution in [2.75, 3.05) is 31.7 Å². The first-order chi connectivity index (χ1) is 9.81. The second-order valence-corrected chi connectivity index (χ2v) is 4.33. The molecule has 1 aromatic rings. The molecule has 0 saturated heterocycles. The van der Waals surface area contributed by atoms with Crippen molar-refractivity contribution in [3.8, 4) is 0 Å². The normalized spacial score (nSPS) is 12.5. The third-order valence-electron chi connectivity index (χ3n) is 2.91.